The molecule has 0 radical (unpaired) electrons. The zero-order valence-corrected chi connectivity index (χ0v) is 17.8. The van der Waals surface area contributed by atoms with Crippen LogP contribution in [-0.4, -0.2) is 56.7 Å². The monoisotopic (exact) mass is 422 g/mol. The Morgan fingerprint density at radius 3 is 2.39 bits per heavy atom. The van der Waals surface area contributed by atoms with Crippen LogP contribution in [0.25, 0.3) is 5.57 Å². The largest absolute Gasteiger partial charge is 0.497 e. The molecule has 7 nitrogen and oxygen atoms in total. The predicted molar refractivity (Wildman–Crippen MR) is 117 cm³/mol. The lowest BCUT2D eigenvalue weighted by molar-refractivity contribution is -0.121. The Hall–Kier alpha value is -3.32. The number of hydrogen-bond donors (Lipinski definition) is 0. The van der Waals surface area contributed by atoms with Crippen molar-refractivity contribution in [2.45, 2.75) is 13.3 Å². The Morgan fingerprint density at radius 2 is 1.71 bits per heavy atom. The Morgan fingerprint density at radius 1 is 0.968 bits per heavy atom. The van der Waals surface area contributed by atoms with E-state index in [9.17, 15) is 9.59 Å². The van der Waals surface area contributed by atoms with Crippen molar-refractivity contribution in [3.63, 3.8) is 0 Å². The van der Waals surface area contributed by atoms with Gasteiger partial charge < -0.3 is 19.1 Å². The minimum Gasteiger partial charge on any atom is -0.497 e. The van der Waals surface area contributed by atoms with Gasteiger partial charge in [0.2, 0.25) is 0 Å². The Balaban J connectivity index is 1.74. The number of rotatable bonds is 7. The summed E-state index contributed by atoms with van der Waals surface area (Å²) in [5.41, 5.74) is 1.99. The lowest BCUT2D eigenvalue weighted by Crippen LogP contribution is -2.40. The molecule has 0 bridgehead atoms. The predicted octanol–water partition coefficient (Wildman–Crippen LogP) is 3.10. The molecule has 1 fully saturated rings. The number of amides is 2. The Kier molecular flexibility index (Phi) is 6.23. The first-order valence-corrected chi connectivity index (χ1v) is 10.5. The molecule has 0 aliphatic carbocycles. The summed E-state index contributed by atoms with van der Waals surface area (Å²) in [7, 11) is 1.55. The average Bonchev–Trinajstić information content (AvgIpc) is 3.08. The van der Waals surface area contributed by atoms with E-state index in [0.717, 1.165) is 12.2 Å². The summed E-state index contributed by atoms with van der Waals surface area (Å²) in [5.74, 6) is 0.640. The summed E-state index contributed by atoms with van der Waals surface area (Å²) in [6, 6.07) is 14.3. The Bertz CT molecular complexity index is 993. The van der Waals surface area contributed by atoms with Gasteiger partial charge in [-0.15, -0.1) is 0 Å². The lowest BCUT2D eigenvalue weighted by Gasteiger charge is -2.29. The van der Waals surface area contributed by atoms with Crippen LogP contribution in [0.15, 0.2) is 54.2 Å². The lowest BCUT2D eigenvalue weighted by atomic mass is 10.0. The van der Waals surface area contributed by atoms with E-state index < -0.39 is 0 Å². The van der Waals surface area contributed by atoms with Gasteiger partial charge in [0.1, 0.15) is 17.2 Å². The van der Waals surface area contributed by atoms with Gasteiger partial charge in [-0.25, -0.2) is 4.90 Å². The smallest absolute Gasteiger partial charge is 0.282 e. The fourth-order valence-electron chi connectivity index (χ4n) is 3.78. The van der Waals surface area contributed by atoms with Crippen LogP contribution >= 0.6 is 0 Å². The van der Waals surface area contributed by atoms with Crippen molar-refractivity contribution < 1.29 is 23.8 Å². The van der Waals surface area contributed by atoms with Gasteiger partial charge in [-0.2, -0.15) is 0 Å². The van der Waals surface area contributed by atoms with Crippen LogP contribution in [-0.2, 0) is 14.3 Å². The van der Waals surface area contributed by atoms with E-state index in [-0.39, 0.29) is 11.8 Å². The van der Waals surface area contributed by atoms with Crippen LogP contribution in [0.4, 0.5) is 5.69 Å². The molecule has 0 aromatic heterocycles. The van der Waals surface area contributed by atoms with Gasteiger partial charge in [0.25, 0.3) is 11.8 Å². The number of anilines is 1. The summed E-state index contributed by atoms with van der Waals surface area (Å²) in [6.07, 6.45) is 0.913. The van der Waals surface area contributed by atoms with Gasteiger partial charge in [0.15, 0.2) is 0 Å². The van der Waals surface area contributed by atoms with Crippen LogP contribution in [0.2, 0.25) is 0 Å². The second kappa shape index (κ2) is 9.22. The minimum atomic E-state index is -0.345. The standard InChI is InChI=1S/C24H26N2O5/c1-3-13-31-19-9-7-17(8-10-19)21-22(25-11-14-30-15-12-25)24(28)26(23(21)27)18-5-4-6-20(16-18)29-2/h4-10,16H,3,11-15H2,1-2H3. The van der Waals surface area contributed by atoms with Crippen LogP contribution < -0.4 is 14.4 Å². The zero-order chi connectivity index (χ0) is 21.8. The fraction of sp³-hybridized carbons (Fsp3) is 0.333. The van der Waals surface area contributed by atoms with Gasteiger partial charge in [-0.1, -0.05) is 25.1 Å². The van der Waals surface area contributed by atoms with Crippen molar-refractivity contribution in [2.75, 3.05) is 44.9 Å². The molecule has 7 heteroatoms. The first-order valence-electron chi connectivity index (χ1n) is 10.5. The van der Waals surface area contributed by atoms with Crippen molar-refractivity contribution in [3.8, 4) is 11.5 Å². The molecule has 4 rings (SSSR count). The third-order valence-electron chi connectivity index (χ3n) is 5.31. The van der Waals surface area contributed by atoms with Gasteiger partial charge in [-0.05, 0) is 36.2 Å². The third-order valence-corrected chi connectivity index (χ3v) is 5.31. The average molecular weight is 422 g/mol. The highest BCUT2D eigenvalue weighted by atomic mass is 16.5. The van der Waals surface area contributed by atoms with Gasteiger partial charge >= 0.3 is 0 Å². The summed E-state index contributed by atoms with van der Waals surface area (Å²) < 4.78 is 16.4. The SMILES string of the molecule is CCCOc1ccc(C2=C(N3CCOCC3)C(=O)N(c3cccc(OC)c3)C2=O)cc1. The molecule has 2 aromatic carbocycles. The molecule has 0 atom stereocenters. The van der Waals surface area contributed by atoms with Gasteiger partial charge in [0, 0.05) is 19.2 Å². The number of carbonyl (C=O) groups is 2. The number of carbonyl (C=O) groups excluding carboxylic acids is 2. The first-order chi connectivity index (χ1) is 15.1. The van der Waals surface area contributed by atoms with Crippen LogP contribution in [0.3, 0.4) is 0 Å². The maximum Gasteiger partial charge on any atom is 0.282 e. The highest BCUT2D eigenvalue weighted by Gasteiger charge is 2.42. The maximum atomic E-state index is 13.5. The number of methoxy groups -OCH3 is 1. The number of morpholine rings is 1. The molecule has 2 aromatic rings. The van der Waals surface area contributed by atoms with Crippen LogP contribution in [0.1, 0.15) is 18.9 Å². The molecule has 0 saturated carbocycles. The third kappa shape index (κ3) is 4.14. The number of benzene rings is 2. The molecule has 2 amide bonds. The van der Waals surface area contributed by atoms with E-state index in [1.807, 2.05) is 36.1 Å². The maximum absolute atomic E-state index is 13.5. The second-order valence-corrected chi connectivity index (χ2v) is 7.34. The van der Waals surface area contributed by atoms with E-state index in [4.69, 9.17) is 14.2 Å². The molecular weight excluding hydrogens is 396 g/mol. The molecule has 2 aliphatic rings. The molecule has 2 aliphatic heterocycles. The van der Waals surface area contributed by atoms with Crippen molar-refractivity contribution in [1.82, 2.24) is 4.90 Å². The molecule has 162 valence electrons. The van der Waals surface area contributed by atoms with Crippen molar-refractivity contribution in [3.05, 3.63) is 59.8 Å². The molecule has 0 spiro atoms. The summed E-state index contributed by atoms with van der Waals surface area (Å²) in [5, 5.41) is 0. The molecular formula is C24H26N2O5. The number of ether oxygens (including phenoxy) is 3. The first kappa shape index (κ1) is 20.9. The molecule has 2 heterocycles. The highest BCUT2D eigenvalue weighted by Crippen LogP contribution is 2.36. The molecule has 31 heavy (non-hydrogen) atoms. The van der Waals surface area contributed by atoms with Crippen molar-refractivity contribution in [2.24, 2.45) is 0 Å². The van der Waals surface area contributed by atoms with Crippen molar-refractivity contribution >= 4 is 23.1 Å². The quantitative estimate of drug-likeness (QED) is 0.639. The van der Waals surface area contributed by atoms with E-state index >= 15 is 0 Å². The minimum absolute atomic E-state index is 0.332. The summed E-state index contributed by atoms with van der Waals surface area (Å²) >= 11 is 0. The van der Waals surface area contributed by atoms with Crippen molar-refractivity contribution in [1.29, 1.82) is 0 Å². The van der Waals surface area contributed by atoms with E-state index in [1.165, 1.54) is 4.90 Å². The second-order valence-electron chi connectivity index (χ2n) is 7.34. The number of imide groups is 1. The normalized spacial score (nSPS) is 16.8. The van der Waals surface area contributed by atoms with Gasteiger partial charge in [-0.3, -0.25) is 9.59 Å². The molecule has 0 unspecified atom stereocenters. The Labute approximate surface area is 181 Å². The van der Waals surface area contributed by atoms with E-state index in [0.29, 0.717) is 61.2 Å². The van der Waals surface area contributed by atoms with Gasteiger partial charge in [0.05, 0.1) is 38.2 Å². The summed E-state index contributed by atoms with van der Waals surface area (Å²) in [4.78, 5) is 30.2. The van der Waals surface area contributed by atoms with E-state index in [1.54, 1.807) is 31.4 Å². The number of hydrogen-bond acceptors (Lipinski definition) is 6. The summed E-state index contributed by atoms with van der Waals surface area (Å²) in [6.45, 7) is 4.82. The highest BCUT2D eigenvalue weighted by molar-refractivity contribution is 6.45. The fourth-order valence-corrected chi connectivity index (χ4v) is 3.78. The van der Waals surface area contributed by atoms with E-state index in [2.05, 4.69) is 0 Å². The zero-order valence-electron chi connectivity index (χ0n) is 17.8. The topological polar surface area (TPSA) is 68.3 Å². The number of nitrogens with zero attached hydrogens (tertiary/aromatic N) is 2. The molecule has 0 N–H and O–H groups in total. The van der Waals surface area contributed by atoms with Crippen LogP contribution in [0.5, 0.6) is 11.5 Å². The van der Waals surface area contributed by atoms with Crippen LogP contribution in [0, 0.1) is 0 Å². The molecule has 1 saturated heterocycles.